The van der Waals surface area contributed by atoms with E-state index < -0.39 is 5.97 Å². The molecule has 0 unspecified atom stereocenters. The SMILES string of the molecule is CC(=O)O.CCCCCCCCCN=C1NC(=NCCc2ccccc2)NC(C)(C)N1. The Morgan fingerprint density at radius 3 is 2.00 bits per heavy atom. The Morgan fingerprint density at radius 1 is 0.903 bits per heavy atom. The number of guanidine groups is 2. The summed E-state index contributed by atoms with van der Waals surface area (Å²) in [6.07, 6.45) is 10.1. The fourth-order valence-corrected chi connectivity index (χ4v) is 3.16. The first-order valence-corrected chi connectivity index (χ1v) is 11.5. The first kappa shape index (κ1) is 26.5. The largest absolute Gasteiger partial charge is 0.481 e. The molecule has 1 aromatic carbocycles. The van der Waals surface area contributed by atoms with Crippen LogP contribution >= 0.6 is 0 Å². The van der Waals surface area contributed by atoms with Crippen LogP contribution in [0.2, 0.25) is 0 Å². The highest BCUT2D eigenvalue weighted by Gasteiger charge is 2.26. The lowest BCUT2D eigenvalue weighted by molar-refractivity contribution is -0.134. The van der Waals surface area contributed by atoms with E-state index in [2.05, 4.69) is 66.0 Å². The van der Waals surface area contributed by atoms with E-state index in [9.17, 15) is 0 Å². The fraction of sp³-hybridized carbons (Fsp3) is 0.625. The maximum absolute atomic E-state index is 9.00. The third-order valence-corrected chi connectivity index (χ3v) is 4.64. The van der Waals surface area contributed by atoms with E-state index in [4.69, 9.17) is 14.9 Å². The maximum atomic E-state index is 9.00. The molecule has 1 heterocycles. The molecule has 0 aromatic heterocycles. The van der Waals surface area contributed by atoms with Crippen molar-refractivity contribution in [2.45, 2.75) is 84.7 Å². The van der Waals surface area contributed by atoms with Gasteiger partial charge in [0.15, 0.2) is 11.9 Å². The topological polar surface area (TPSA) is 98.1 Å². The van der Waals surface area contributed by atoms with Crippen LogP contribution in [0.4, 0.5) is 0 Å². The minimum absolute atomic E-state index is 0.254. The molecule has 0 aliphatic carbocycles. The van der Waals surface area contributed by atoms with Crippen molar-refractivity contribution in [2.24, 2.45) is 9.98 Å². The molecular weight excluding hydrogens is 390 g/mol. The molecule has 1 aliphatic heterocycles. The molecule has 0 spiro atoms. The summed E-state index contributed by atoms with van der Waals surface area (Å²) in [7, 11) is 0. The van der Waals surface area contributed by atoms with Gasteiger partial charge in [0.2, 0.25) is 0 Å². The van der Waals surface area contributed by atoms with Crippen molar-refractivity contribution >= 4 is 17.9 Å². The third-order valence-electron chi connectivity index (χ3n) is 4.64. The minimum Gasteiger partial charge on any atom is -0.481 e. The van der Waals surface area contributed by atoms with Gasteiger partial charge in [-0.25, -0.2) is 0 Å². The van der Waals surface area contributed by atoms with Crippen molar-refractivity contribution in [3.05, 3.63) is 35.9 Å². The molecule has 0 amide bonds. The van der Waals surface area contributed by atoms with Crippen molar-refractivity contribution in [1.29, 1.82) is 0 Å². The molecule has 7 nitrogen and oxygen atoms in total. The first-order valence-electron chi connectivity index (χ1n) is 11.5. The number of benzene rings is 1. The second kappa shape index (κ2) is 15.3. The fourth-order valence-electron chi connectivity index (χ4n) is 3.16. The molecule has 174 valence electrons. The molecule has 4 N–H and O–H groups in total. The number of carboxylic acids is 1. The summed E-state index contributed by atoms with van der Waals surface area (Å²) in [4.78, 5) is 18.4. The monoisotopic (exact) mass is 431 g/mol. The van der Waals surface area contributed by atoms with E-state index in [0.717, 1.165) is 44.8 Å². The van der Waals surface area contributed by atoms with Gasteiger partial charge in [0.25, 0.3) is 5.97 Å². The van der Waals surface area contributed by atoms with E-state index in [1.54, 1.807) is 0 Å². The Balaban J connectivity index is 0.00000110. The zero-order chi connectivity index (χ0) is 23.0. The number of aliphatic carboxylic acids is 1. The molecule has 0 bridgehead atoms. The number of unbranched alkanes of at least 4 members (excludes halogenated alkanes) is 6. The molecule has 2 rings (SSSR count). The van der Waals surface area contributed by atoms with Crippen molar-refractivity contribution in [1.82, 2.24) is 16.0 Å². The number of hydrogen-bond acceptors (Lipinski definition) is 3. The van der Waals surface area contributed by atoms with E-state index in [1.807, 2.05) is 6.07 Å². The van der Waals surface area contributed by atoms with Gasteiger partial charge in [-0.15, -0.1) is 0 Å². The van der Waals surface area contributed by atoms with Gasteiger partial charge in [-0.05, 0) is 32.3 Å². The van der Waals surface area contributed by atoms with Crippen LogP contribution in [-0.2, 0) is 11.2 Å². The van der Waals surface area contributed by atoms with E-state index in [1.165, 1.54) is 44.1 Å². The highest BCUT2D eigenvalue weighted by Crippen LogP contribution is 2.07. The summed E-state index contributed by atoms with van der Waals surface area (Å²) in [5.41, 5.74) is 1.05. The van der Waals surface area contributed by atoms with E-state index in [-0.39, 0.29) is 5.66 Å². The van der Waals surface area contributed by atoms with Gasteiger partial charge < -0.3 is 15.7 Å². The Morgan fingerprint density at radius 2 is 1.42 bits per heavy atom. The van der Waals surface area contributed by atoms with Gasteiger partial charge in [0.1, 0.15) is 5.66 Å². The smallest absolute Gasteiger partial charge is 0.300 e. The van der Waals surface area contributed by atoms with Crippen LogP contribution in [0.25, 0.3) is 0 Å². The molecule has 0 atom stereocenters. The predicted octanol–water partition coefficient (Wildman–Crippen LogP) is 4.30. The highest BCUT2D eigenvalue weighted by atomic mass is 16.4. The van der Waals surface area contributed by atoms with Gasteiger partial charge >= 0.3 is 0 Å². The van der Waals surface area contributed by atoms with Gasteiger partial charge in [0.05, 0.1) is 0 Å². The van der Waals surface area contributed by atoms with E-state index >= 15 is 0 Å². The number of nitrogens with one attached hydrogen (secondary N) is 3. The van der Waals surface area contributed by atoms with Crippen LogP contribution in [0.5, 0.6) is 0 Å². The third kappa shape index (κ3) is 14.1. The summed E-state index contributed by atoms with van der Waals surface area (Å²) in [6.45, 7) is 9.15. The lowest BCUT2D eigenvalue weighted by Crippen LogP contribution is -2.68. The Kier molecular flexibility index (Phi) is 13.0. The highest BCUT2D eigenvalue weighted by molar-refractivity contribution is 6.01. The van der Waals surface area contributed by atoms with Crippen molar-refractivity contribution in [2.75, 3.05) is 13.1 Å². The second-order valence-electron chi connectivity index (χ2n) is 8.34. The van der Waals surface area contributed by atoms with Crippen LogP contribution in [0.1, 0.15) is 78.2 Å². The maximum Gasteiger partial charge on any atom is 0.300 e. The van der Waals surface area contributed by atoms with Crippen LogP contribution in [0.3, 0.4) is 0 Å². The molecular formula is C24H41N5O2. The van der Waals surface area contributed by atoms with Crippen molar-refractivity contribution in [3.63, 3.8) is 0 Å². The number of nitrogens with zero attached hydrogens (tertiary/aromatic N) is 2. The van der Waals surface area contributed by atoms with Crippen molar-refractivity contribution in [3.8, 4) is 0 Å². The summed E-state index contributed by atoms with van der Waals surface area (Å²) in [6, 6.07) is 10.5. The lowest BCUT2D eigenvalue weighted by Gasteiger charge is -2.36. The van der Waals surface area contributed by atoms with Gasteiger partial charge in [0, 0.05) is 20.0 Å². The number of hydrogen-bond donors (Lipinski definition) is 4. The molecule has 31 heavy (non-hydrogen) atoms. The molecule has 1 fully saturated rings. The van der Waals surface area contributed by atoms with Crippen LogP contribution in [-0.4, -0.2) is 41.7 Å². The Hall–Kier alpha value is -2.57. The Labute approximate surface area is 187 Å². The number of carbonyl (C=O) groups is 1. The predicted molar refractivity (Wildman–Crippen MR) is 130 cm³/mol. The molecule has 7 heteroatoms. The number of aliphatic imine (C=N–C) groups is 2. The zero-order valence-electron chi connectivity index (χ0n) is 19.7. The standard InChI is InChI=1S/C22H37N5.C2H4O2/c1-4-5-6-7-8-9-13-17-23-20-25-21(27-22(2,3)26-20)24-18-16-19-14-11-10-12-15-19;1-2(3)4/h10-12,14-15H,4-9,13,16-18H2,1-3H3,(H3,23,24,25,26,27);1H3,(H,3,4). The lowest BCUT2D eigenvalue weighted by atomic mass is 10.1. The summed E-state index contributed by atoms with van der Waals surface area (Å²) < 4.78 is 0. The quantitative estimate of drug-likeness (QED) is 0.392. The van der Waals surface area contributed by atoms with Crippen LogP contribution < -0.4 is 16.0 Å². The Bertz CT molecular complexity index is 682. The zero-order valence-corrected chi connectivity index (χ0v) is 19.7. The molecule has 0 radical (unpaired) electrons. The molecule has 1 aliphatic rings. The van der Waals surface area contributed by atoms with Gasteiger partial charge in [-0.1, -0.05) is 75.8 Å². The van der Waals surface area contributed by atoms with Crippen LogP contribution in [0, 0.1) is 0 Å². The van der Waals surface area contributed by atoms with E-state index in [0.29, 0.717) is 0 Å². The average Bonchev–Trinajstić information content (AvgIpc) is 2.69. The molecule has 1 aromatic rings. The summed E-state index contributed by atoms with van der Waals surface area (Å²) >= 11 is 0. The second-order valence-corrected chi connectivity index (χ2v) is 8.34. The molecule has 0 saturated carbocycles. The summed E-state index contributed by atoms with van der Waals surface area (Å²) in [5.74, 6) is 0.788. The van der Waals surface area contributed by atoms with Gasteiger partial charge in [-0.3, -0.25) is 20.1 Å². The number of rotatable bonds is 11. The van der Waals surface area contributed by atoms with Crippen LogP contribution in [0.15, 0.2) is 40.3 Å². The molecule has 1 saturated heterocycles. The van der Waals surface area contributed by atoms with Gasteiger partial charge in [-0.2, -0.15) is 0 Å². The first-order chi connectivity index (χ1) is 14.8. The number of carboxylic acid groups (broad SMARTS) is 1. The normalized spacial score (nSPS) is 17.2. The minimum atomic E-state index is -0.833. The van der Waals surface area contributed by atoms with Crippen molar-refractivity contribution < 1.29 is 9.90 Å². The average molecular weight is 432 g/mol. The summed E-state index contributed by atoms with van der Waals surface area (Å²) in [5, 5.41) is 17.5.